The lowest BCUT2D eigenvalue weighted by atomic mass is 10.2. The van der Waals surface area contributed by atoms with Crippen molar-refractivity contribution in [2.75, 3.05) is 17.7 Å². The van der Waals surface area contributed by atoms with E-state index in [9.17, 15) is 14.0 Å². The molecule has 0 fully saturated rings. The first-order valence-electron chi connectivity index (χ1n) is 8.69. The van der Waals surface area contributed by atoms with Gasteiger partial charge in [0.1, 0.15) is 28.1 Å². The highest BCUT2D eigenvalue weighted by Gasteiger charge is 2.16. The maximum Gasteiger partial charge on any atom is 0.318 e. The van der Waals surface area contributed by atoms with E-state index in [4.69, 9.17) is 4.74 Å². The van der Waals surface area contributed by atoms with E-state index in [1.165, 1.54) is 42.6 Å². The number of rotatable bonds is 6. The molecule has 150 valence electrons. The number of benzene rings is 2. The van der Waals surface area contributed by atoms with Gasteiger partial charge in [0.05, 0.1) is 5.69 Å². The fourth-order valence-electron chi connectivity index (χ4n) is 2.42. The molecule has 3 N–H and O–H groups in total. The SMILES string of the molecule is CNC(=O)Nc1ccc(NC(=O)c2sc(COc3ccc(F)cc3)nc2C)cc1. The topological polar surface area (TPSA) is 92.4 Å². The Hall–Kier alpha value is -3.46. The van der Waals surface area contributed by atoms with Gasteiger partial charge in [-0.25, -0.2) is 14.2 Å². The molecular formula is C20H19FN4O3S. The van der Waals surface area contributed by atoms with Crippen molar-refractivity contribution in [3.63, 3.8) is 0 Å². The van der Waals surface area contributed by atoms with E-state index in [1.54, 1.807) is 31.2 Å². The predicted octanol–water partition coefficient (Wildman–Crippen LogP) is 4.17. The van der Waals surface area contributed by atoms with Crippen LogP contribution < -0.4 is 20.7 Å². The van der Waals surface area contributed by atoms with Gasteiger partial charge in [-0.2, -0.15) is 0 Å². The third-order valence-electron chi connectivity index (χ3n) is 3.85. The summed E-state index contributed by atoms with van der Waals surface area (Å²) >= 11 is 1.24. The molecule has 3 rings (SSSR count). The van der Waals surface area contributed by atoms with Gasteiger partial charge in [-0.15, -0.1) is 11.3 Å². The molecule has 7 nitrogen and oxygen atoms in total. The molecule has 2 aromatic carbocycles. The van der Waals surface area contributed by atoms with Gasteiger partial charge >= 0.3 is 6.03 Å². The van der Waals surface area contributed by atoms with Crippen LogP contribution in [-0.4, -0.2) is 24.0 Å². The summed E-state index contributed by atoms with van der Waals surface area (Å²) in [6.45, 7) is 1.94. The highest BCUT2D eigenvalue weighted by Crippen LogP contribution is 2.22. The number of anilines is 2. The van der Waals surface area contributed by atoms with Crippen LogP contribution in [0.15, 0.2) is 48.5 Å². The minimum atomic E-state index is -0.334. The number of amides is 3. The van der Waals surface area contributed by atoms with Crippen LogP contribution in [0.3, 0.4) is 0 Å². The zero-order valence-electron chi connectivity index (χ0n) is 15.8. The minimum Gasteiger partial charge on any atom is -0.486 e. The quantitative estimate of drug-likeness (QED) is 0.564. The van der Waals surface area contributed by atoms with Crippen molar-refractivity contribution in [1.29, 1.82) is 0 Å². The molecule has 1 aromatic heterocycles. The van der Waals surface area contributed by atoms with Gasteiger partial charge in [0.15, 0.2) is 0 Å². The Kier molecular flexibility index (Phi) is 6.40. The van der Waals surface area contributed by atoms with E-state index in [1.807, 2.05) is 0 Å². The summed E-state index contributed by atoms with van der Waals surface area (Å²) in [6.07, 6.45) is 0. The molecule has 0 saturated heterocycles. The van der Waals surface area contributed by atoms with E-state index < -0.39 is 0 Å². The summed E-state index contributed by atoms with van der Waals surface area (Å²) in [4.78, 5) is 28.7. The Labute approximate surface area is 170 Å². The Morgan fingerprint density at radius 2 is 1.66 bits per heavy atom. The molecule has 9 heteroatoms. The van der Waals surface area contributed by atoms with Crippen LogP contribution in [0.25, 0.3) is 0 Å². The maximum absolute atomic E-state index is 12.9. The minimum absolute atomic E-state index is 0.185. The van der Waals surface area contributed by atoms with E-state index in [0.717, 1.165) is 0 Å². The molecular weight excluding hydrogens is 395 g/mol. The molecule has 0 radical (unpaired) electrons. The van der Waals surface area contributed by atoms with Gasteiger partial charge in [-0.1, -0.05) is 0 Å². The first-order chi connectivity index (χ1) is 13.9. The second-order valence-electron chi connectivity index (χ2n) is 6.00. The van der Waals surface area contributed by atoms with Crippen LogP contribution in [-0.2, 0) is 6.61 Å². The molecule has 0 aliphatic carbocycles. The summed E-state index contributed by atoms with van der Waals surface area (Å²) in [5.41, 5.74) is 1.80. The molecule has 0 atom stereocenters. The van der Waals surface area contributed by atoms with Crippen LogP contribution >= 0.6 is 11.3 Å². The number of nitrogens with zero attached hydrogens (tertiary/aromatic N) is 1. The third kappa shape index (κ3) is 5.52. The van der Waals surface area contributed by atoms with Gasteiger partial charge in [0, 0.05) is 18.4 Å². The first-order valence-corrected chi connectivity index (χ1v) is 9.51. The number of hydrogen-bond donors (Lipinski definition) is 3. The molecule has 0 spiro atoms. The van der Waals surface area contributed by atoms with Crippen molar-refractivity contribution >= 4 is 34.6 Å². The summed E-state index contributed by atoms with van der Waals surface area (Å²) in [7, 11) is 1.53. The summed E-state index contributed by atoms with van der Waals surface area (Å²) in [5.74, 6) is -0.0883. The van der Waals surface area contributed by atoms with Crippen LogP contribution in [0.4, 0.5) is 20.6 Å². The van der Waals surface area contributed by atoms with Crippen LogP contribution in [0, 0.1) is 12.7 Å². The predicted molar refractivity (Wildman–Crippen MR) is 110 cm³/mol. The molecule has 1 heterocycles. The van der Waals surface area contributed by atoms with Crippen molar-refractivity contribution in [3.8, 4) is 5.75 Å². The number of aromatic nitrogens is 1. The van der Waals surface area contributed by atoms with Crippen LogP contribution in [0.2, 0.25) is 0 Å². The van der Waals surface area contributed by atoms with Gasteiger partial charge in [0.25, 0.3) is 5.91 Å². The second-order valence-corrected chi connectivity index (χ2v) is 7.08. The Balaban J connectivity index is 1.60. The Morgan fingerprint density at radius 3 is 2.28 bits per heavy atom. The number of thiazole rings is 1. The number of carbonyl (C=O) groups excluding carboxylic acids is 2. The van der Waals surface area contributed by atoms with Crippen molar-refractivity contribution in [3.05, 3.63) is 69.9 Å². The fourth-order valence-corrected chi connectivity index (χ4v) is 3.29. The monoisotopic (exact) mass is 414 g/mol. The molecule has 0 aliphatic rings. The average molecular weight is 414 g/mol. The standard InChI is InChI=1S/C20H19FN4O3S/c1-12-18(29-17(23-12)11-28-16-9-3-13(21)4-10-16)19(26)24-14-5-7-15(8-6-14)25-20(27)22-2/h3-10H,11H2,1-2H3,(H,24,26)(H2,22,25,27). The smallest absolute Gasteiger partial charge is 0.318 e. The molecule has 29 heavy (non-hydrogen) atoms. The largest absolute Gasteiger partial charge is 0.486 e. The normalized spacial score (nSPS) is 10.3. The van der Waals surface area contributed by atoms with Crippen molar-refractivity contribution in [2.45, 2.75) is 13.5 Å². The molecule has 3 aromatic rings. The van der Waals surface area contributed by atoms with Gasteiger partial charge in [0.2, 0.25) is 0 Å². The number of hydrogen-bond acceptors (Lipinski definition) is 5. The number of halogens is 1. The van der Waals surface area contributed by atoms with E-state index in [2.05, 4.69) is 20.9 Å². The summed E-state index contributed by atoms with van der Waals surface area (Å²) < 4.78 is 18.5. The highest BCUT2D eigenvalue weighted by molar-refractivity contribution is 7.13. The zero-order valence-corrected chi connectivity index (χ0v) is 16.6. The van der Waals surface area contributed by atoms with E-state index in [0.29, 0.717) is 32.7 Å². The Morgan fingerprint density at radius 1 is 1.03 bits per heavy atom. The fraction of sp³-hybridized carbons (Fsp3) is 0.150. The number of urea groups is 1. The maximum atomic E-state index is 12.9. The van der Waals surface area contributed by atoms with Crippen molar-refractivity contribution in [1.82, 2.24) is 10.3 Å². The van der Waals surface area contributed by atoms with E-state index >= 15 is 0 Å². The van der Waals surface area contributed by atoms with Crippen LogP contribution in [0.1, 0.15) is 20.4 Å². The van der Waals surface area contributed by atoms with Crippen LogP contribution in [0.5, 0.6) is 5.75 Å². The second kappa shape index (κ2) is 9.16. The number of ether oxygens (including phenoxy) is 1. The molecule has 0 aliphatic heterocycles. The molecule has 0 unspecified atom stereocenters. The number of aryl methyl sites for hydroxylation is 1. The first kappa shape index (κ1) is 20.3. The highest BCUT2D eigenvalue weighted by atomic mass is 32.1. The van der Waals surface area contributed by atoms with Crippen molar-refractivity contribution < 1.29 is 18.7 Å². The lowest BCUT2D eigenvalue weighted by molar-refractivity contribution is 0.102. The Bertz CT molecular complexity index is 1000. The van der Waals surface area contributed by atoms with Gasteiger partial charge < -0.3 is 20.7 Å². The number of nitrogens with one attached hydrogen (secondary N) is 3. The van der Waals surface area contributed by atoms with Gasteiger partial charge in [-0.3, -0.25) is 4.79 Å². The summed E-state index contributed by atoms with van der Waals surface area (Å²) in [6, 6.07) is 12.1. The lowest BCUT2D eigenvalue weighted by Gasteiger charge is -2.07. The van der Waals surface area contributed by atoms with E-state index in [-0.39, 0.29) is 24.4 Å². The molecule has 0 bridgehead atoms. The molecule has 3 amide bonds. The van der Waals surface area contributed by atoms with Gasteiger partial charge in [-0.05, 0) is 55.5 Å². The van der Waals surface area contributed by atoms with Crippen molar-refractivity contribution in [2.24, 2.45) is 0 Å². The summed E-state index contributed by atoms with van der Waals surface area (Å²) in [5, 5.41) is 8.55. The number of carbonyl (C=O) groups is 2. The third-order valence-corrected chi connectivity index (χ3v) is 4.98. The molecule has 0 saturated carbocycles. The zero-order chi connectivity index (χ0) is 20.8. The lowest BCUT2D eigenvalue weighted by Crippen LogP contribution is -2.24. The average Bonchev–Trinajstić information content (AvgIpc) is 3.09.